The quantitative estimate of drug-likeness (QED) is 0.381. The summed E-state index contributed by atoms with van der Waals surface area (Å²) in [6.07, 6.45) is 1.56. The van der Waals surface area contributed by atoms with Crippen molar-refractivity contribution in [2.24, 2.45) is 0 Å². The summed E-state index contributed by atoms with van der Waals surface area (Å²) in [7, 11) is 1.57. The second-order valence-electron chi connectivity index (χ2n) is 6.38. The molecule has 1 N–H and O–H groups in total. The number of carbonyl (C=O) groups is 2. The maximum atomic E-state index is 12.7. The van der Waals surface area contributed by atoms with E-state index in [4.69, 9.17) is 4.74 Å². The van der Waals surface area contributed by atoms with Crippen LogP contribution in [0.2, 0.25) is 0 Å². The molecular weight excluding hydrogens is 342 g/mol. The normalized spacial score (nSPS) is 18.6. The molecule has 0 aliphatic carbocycles. The summed E-state index contributed by atoms with van der Waals surface area (Å²) in [6.45, 7) is 5.81. The number of aryl methyl sites for hydroxylation is 1. The number of nitrogens with zero attached hydrogens (tertiary/aromatic N) is 1. The van der Waals surface area contributed by atoms with Gasteiger partial charge in [0.05, 0.1) is 18.7 Å². The first-order chi connectivity index (χ1) is 13.0. The molecule has 5 heteroatoms. The first-order valence-corrected chi connectivity index (χ1v) is 8.58. The highest BCUT2D eigenvalue weighted by Crippen LogP contribution is 2.39. The van der Waals surface area contributed by atoms with E-state index >= 15 is 0 Å². The summed E-state index contributed by atoms with van der Waals surface area (Å²) >= 11 is 0. The molecule has 0 aromatic heterocycles. The fourth-order valence-corrected chi connectivity index (χ4v) is 3.21. The highest BCUT2D eigenvalue weighted by atomic mass is 16.5. The minimum atomic E-state index is -0.698. The smallest absolute Gasteiger partial charge is 0.295 e. The van der Waals surface area contributed by atoms with Crippen LogP contribution in [-0.2, 0) is 9.59 Å². The fourth-order valence-electron chi connectivity index (χ4n) is 3.21. The van der Waals surface area contributed by atoms with E-state index in [2.05, 4.69) is 6.58 Å². The lowest BCUT2D eigenvalue weighted by atomic mass is 9.95. The van der Waals surface area contributed by atoms with Gasteiger partial charge in [0.2, 0.25) is 0 Å². The third-order valence-electron chi connectivity index (χ3n) is 4.62. The van der Waals surface area contributed by atoms with E-state index in [9.17, 15) is 14.7 Å². The van der Waals surface area contributed by atoms with Crippen LogP contribution in [0.1, 0.15) is 22.7 Å². The van der Waals surface area contributed by atoms with E-state index in [1.807, 2.05) is 19.1 Å². The van der Waals surface area contributed by atoms with Gasteiger partial charge in [-0.1, -0.05) is 48.0 Å². The molecule has 2 aromatic rings. The number of ether oxygens (including phenoxy) is 1. The molecule has 1 aliphatic rings. The summed E-state index contributed by atoms with van der Waals surface area (Å²) in [5.74, 6) is -0.862. The number of carbonyl (C=O) groups excluding carboxylic acids is 2. The number of hydrogen-bond acceptors (Lipinski definition) is 4. The predicted molar refractivity (Wildman–Crippen MR) is 103 cm³/mol. The van der Waals surface area contributed by atoms with E-state index in [1.165, 1.54) is 4.90 Å². The van der Waals surface area contributed by atoms with Crippen LogP contribution in [0.25, 0.3) is 5.76 Å². The first kappa shape index (κ1) is 18.5. The number of aliphatic hydroxyl groups is 1. The van der Waals surface area contributed by atoms with Crippen molar-refractivity contribution in [2.45, 2.75) is 13.0 Å². The highest BCUT2D eigenvalue weighted by Gasteiger charge is 2.45. The molecule has 0 unspecified atom stereocenters. The summed E-state index contributed by atoms with van der Waals surface area (Å²) in [5, 5.41) is 10.8. The van der Waals surface area contributed by atoms with E-state index in [0.29, 0.717) is 16.9 Å². The fraction of sp³-hybridized carbons (Fsp3) is 0.182. The van der Waals surface area contributed by atoms with Crippen molar-refractivity contribution in [1.29, 1.82) is 0 Å². The lowest BCUT2D eigenvalue weighted by Crippen LogP contribution is -2.29. The number of methoxy groups -OCH3 is 1. The number of aliphatic hydroxyl groups excluding tert-OH is 1. The maximum absolute atomic E-state index is 12.7. The van der Waals surface area contributed by atoms with Gasteiger partial charge < -0.3 is 14.7 Å². The van der Waals surface area contributed by atoms with E-state index < -0.39 is 17.7 Å². The molecule has 0 spiro atoms. The Morgan fingerprint density at radius 3 is 2.33 bits per heavy atom. The van der Waals surface area contributed by atoms with Gasteiger partial charge in [-0.25, -0.2) is 0 Å². The third kappa shape index (κ3) is 3.36. The van der Waals surface area contributed by atoms with Crippen LogP contribution in [0, 0.1) is 6.92 Å². The van der Waals surface area contributed by atoms with Crippen molar-refractivity contribution in [1.82, 2.24) is 4.90 Å². The molecule has 0 saturated carbocycles. The molecule has 27 heavy (non-hydrogen) atoms. The van der Waals surface area contributed by atoms with Gasteiger partial charge in [-0.2, -0.15) is 0 Å². The van der Waals surface area contributed by atoms with Gasteiger partial charge in [0, 0.05) is 12.1 Å². The van der Waals surface area contributed by atoms with Crippen LogP contribution in [0.5, 0.6) is 5.75 Å². The summed E-state index contributed by atoms with van der Waals surface area (Å²) < 4.78 is 5.18. The van der Waals surface area contributed by atoms with Crippen LogP contribution >= 0.6 is 0 Å². The molecule has 138 valence electrons. The van der Waals surface area contributed by atoms with Gasteiger partial charge >= 0.3 is 0 Å². The Kier molecular flexibility index (Phi) is 5.12. The van der Waals surface area contributed by atoms with Gasteiger partial charge in [0.15, 0.2) is 0 Å². The zero-order chi connectivity index (χ0) is 19.6. The molecule has 1 heterocycles. The van der Waals surface area contributed by atoms with Crippen molar-refractivity contribution < 1.29 is 19.4 Å². The third-order valence-corrected chi connectivity index (χ3v) is 4.62. The van der Waals surface area contributed by atoms with Crippen LogP contribution in [0.15, 0.2) is 66.8 Å². The number of Topliss-reactive ketones (excluding diaryl/α,β-unsaturated/α-hetero) is 1. The Hall–Kier alpha value is -3.34. The van der Waals surface area contributed by atoms with E-state index in [1.54, 1.807) is 49.6 Å². The minimum absolute atomic E-state index is 0.0795. The molecule has 1 fully saturated rings. The van der Waals surface area contributed by atoms with Crippen molar-refractivity contribution in [3.63, 3.8) is 0 Å². The molecule has 2 aromatic carbocycles. The number of likely N-dealkylation sites (tertiary alicyclic amines) is 1. The second-order valence-corrected chi connectivity index (χ2v) is 6.38. The van der Waals surface area contributed by atoms with Crippen molar-refractivity contribution in [2.75, 3.05) is 13.7 Å². The van der Waals surface area contributed by atoms with Crippen LogP contribution in [0.3, 0.4) is 0 Å². The van der Waals surface area contributed by atoms with Gasteiger partial charge in [-0.15, -0.1) is 6.58 Å². The van der Waals surface area contributed by atoms with Gasteiger partial charge in [0.25, 0.3) is 11.7 Å². The molecule has 1 atom stereocenters. The Bertz CT molecular complexity index is 910. The molecule has 1 saturated heterocycles. The largest absolute Gasteiger partial charge is 0.507 e. The van der Waals surface area contributed by atoms with Crippen molar-refractivity contribution in [3.8, 4) is 5.75 Å². The van der Waals surface area contributed by atoms with Crippen LogP contribution in [-0.4, -0.2) is 35.4 Å². The SMILES string of the molecule is C=CCN1C(=O)C(=O)/C(=C(/O)c2ccc(C)cc2)[C@H]1c1ccc(OC)cc1. The van der Waals surface area contributed by atoms with Gasteiger partial charge in [-0.3, -0.25) is 9.59 Å². The summed E-state index contributed by atoms with van der Waals surface area (Å²) in [5.41, 5.74) is 2.32. The average Bonchev–Trinajstić information content (AvgIpc) is 2.93. The monoisotopic (exact) mass is 363 g/mol. The van der Waals surface area contributed by atoms with Crippen molar-refractivity contribution in [3.05, 3.63) is 83.4 Å². The molecule has 3 rings (SSSR count). The lowest BCUT2D eigenvalue weighted by molar-refractivity contribution is -0.139. The molecule has 1 aliphatic heterocycles. The van der Waals surface area contributed by atoms with Crippen LogP contribution in [0.4, 0.5) is 0 Å². The van der Waals surface area contributed by atoms with Crippen molar-refractivity contribution >= 4 is 17.4 Å². The van der Waals surface area contributed by atoms with Crippen LogP contribution < -0.4 is 4.74 Å². The second kappa shape index (κ2) is 7.50. The Labute approximate surface area is 158 Å². The standard InChI is InChI=1S/C22H21NO4/c1-4-13-23-19(15-9-11-17(27-3)12-10-15)18(21(25)22(23)26)20(24)16-7-5-14(2)6-8-16/h4-12,19,24H,1,13H2,2-3H3/b20-18+/t19-/m1/s1. The lowest BCUT2D eigenvalue weighted by Gasteiger charge is -2.24. The minimum Gasteiger partial charge on any atom is -0.507 e. The van der Waals surface area contributed by atoms with Gasteiger partial charge in [-0.05, 0) is 24.6 Å². The Morgan fingerprint density at radius 2 is 1.78 bits per heavy atom. The summed E-state index contributed by atoms with van der Waals surface area (Å²) in [6, 6.07) is 13.6. The number of hydrogen-bond donors (Lipinski definition) is 1. The maximum Gasteiger partial charge on any atom is 0.295 e. The Balaban J connectivity index is 2.16. The summed E-state index contributed by atoms with van der Waals surface area (Å²) in [4.78, 5) is 26.7. The number of rotatable bonds is 5. The molecule has 5 nitrogen and oxygen atoms in total. The van der Waals surface area contributed by atoms with E-state index in [0.717, 1.165) is 5.56 Å². The first-order valence-electron chi connectivity index (χ1n) is 8.58. The zero-order valence-corrected chi connectivity index (χ0v) is 15.3. The topological polar surface area (TPSA) is 66.8 Å². The number of amides is 1. The highest BCUT2D eigenvalue weighted by molar-refractivity contribution is 6.46. The predicted octanol–water partition coefficient (Wildman–Crippen LogP) is 3.61. The molecule has 1 amide bonds. The molecule has 0 radical (unpaired) electrons. The number of ketones is 1. The average molecular weight is 363 g/mol. The molecular formula is C22H21NO4. The molecule has 0 bridgehead atoms. The Morgan fingerprint density at radius 1 is 1.15 bits per heavy atom. The number of benzene rings is 2. The van der Waals surface area contributed by atoms with Gasteiger partial charge in [0.1, 0.15) is 11.5 Å². The van der Waals surface area contributed by atoms with E-state index in [-0.39, 0.29) is 17.9 Å². The zero-order valence-electron chi connectivity index (χ0n) is 15.3.